The zero-order valence-electron chi connectivity index (χ0n) is 14.6. The summed E-state index contributed by atoms with van der Waals surface area (Å²) in [6, 6.07) is 14.9. The minimum absolute atomic E-state index is 0.0462. The van der Waals surface area contributed by atoms with Gasteiger partial charge in [-0.1, -0.05) is 41.9 Å². The first-order valence-electron chi connectivity index (χ1n) is 9.11. The van der Waals surface area contributed by atoms with Crippen molar-refractivity contribution in [3.8, 4) is 5.75 Å². The first-order valence-corrected chi connectivity index (χ1v) is 9.49. The Balaban J connectivity index is 1.64. The van der Waals surface area contributed by atoms with Crippen LogP contribution < -0.4 is 10.5 Å². The van der Waals surface area contributed by atoms with Crippen LogP contribution in [0.1, 0.15) is 29.2 Å². The Bertz CT molecular complexity index is 763. The number of benzene rings is 2. The van der Waals surface area contributed by atoms with Gasteiger partial charge in [-0.3, -0.25) is 4.90 Å². The maximum Gasteiger partial charge on any atom is 0.140 e. The fourth-order valence-electron chi connectivity index (χ4n) is 4.21. The van der Waals surface area contributed by atoms with Crippen LogP contribution >= 0.6 is 11.6 Å². The zero-order valence-corrected chi connectivity index (χ0v) is 15.4. The SMILES string of the molecule is Cc1c(Cl)cccc1O[C@@H]1c2ccccc2C[C@H]1N1CCC(CN)C1. The summed E-state index contributed by atoms with van der Waals surface area (Å²) < 4.78 is 6.55. The van der Waals surface area contributed by atoms with Crippen LogP contribution in [-0.4, -0.2) is 30.6 Å². The first-order chi connectivity index (χ1) is 12.2. The van der Waals surface area contributed by atoms with Gasteiger partial charge in [-0.25, -0.2) is 0 Å². The van der Waals surface area contributed by atoms with E-state index in [1.165, 1.54) is 17.5 Å². The topological polar surface area (TPSA) is 38.5 Å². The van der Waals surface area contributed by atoms with Crippen LogP contribution in [0, 0.1) is 12.8 Å². The maximum absolute atomic E-state index is 6.55. The molecule has 1 unspecified atom stereocenters. The molecule has 0 aromatic heterocycles. The van der Waals surface area contributed by atoms with Crippen molar-refractivity contribution >= 4 is 11.6 Å². The second-order valence-electron chi connectivity index (χ2n) is 7.26. The minimum atomic E-state index is 0.0462. The van der Waals surface area contributed by atoms with Gasteiger partial charge in [0, 0.05) is 17.1 Å². The molecule has 2 N–H and O–H groups in total. The number of likely N-dealkylation sites (tertiary alicyclic amines) is 1. The first kappa shape index (κ1) is 16.9. The summed E-state index contributed by atoms with van der Waals surface area (Å²) in [5.74, 6) is 1.49. The lowest BCUT2D eigenvalue weighted by molar-refractivity contribution is 0.0912. The average molecular weight is 357 g/mol. The molecular formula is C21H25ClN2O. The third-order valence-corrected chi connectivity index (χ3v) is 6.14. The summed E-state index contributed by atoms with van der Waals surface area (Å²) in [7, 11) is 0. The van der Waals surface area contributed by atoms with Gasteiger partial charge in [-0.2, -0.15) is 0 Å². The fourth-order valence-corrected chi connectivity index (χ4v) is 4.37. The molecule has 1 heterocycles. The Hall–Kier alpha value is -1.55. The molecule has 2 aromatic carbocycles. The molecule has 0 spiro atoms. The van der Waals surface area contributed by atoms with E-state index in [9.17, 15) is 0 Å². The van der Waals surface area contributed by atoms with Gasteiger partial charge in [-0.15, -0.1) is 0 Å². The Labute approximate surface area is 154 Å². The minimum Gasteiger partial charge on any atom is -0.484 e. The molecule has 4 rings (SSSR count). The quantitative estimate of drug-likeness (QED) is 0.900. The van der Waals surface area contributed by atoms with Gasteiger partial charge < -0.3 is 10.5 Å². The van der Waals surface area contributed by atoms with Crippen molar-refractivity contribution in [2.24, 2.45) is 11.7 Å². The number of fused-ring (bicyclic) bond motifs is 1. The molecule has 2 aliphatic rings. The molecule has 1 fully saturated rings. The van der Waals surface area contributed by atoms with E-state index in [4.69, 9.17) is 22.1 Å². The number of hydrogen-bond donors (Lipinski definition) is 1. The van der Waals surface area contributed by atoms with E-state index in [1.54, 1.807) is 0 Å². The van der Waals surface area contributed by atoms with E-state index >= 15 is 0 Å². The maximum atomic E-state index is 6.55. The molecule has 0 amide bonds. The summed E-state index contributed by atoms with van der Waals surface area (Å²) in [6.45, 7) is 4.97. The summed E-state index contributed by atoms with van der Waals surface area (Å²) in [4.78, 5) is 2.57. The van der Waals surface area contributed by atoms with Crippen molar-refractivity contribution in [3.63, 3.8) is 0 Å². The molecule has 1 saturated heterocycles. The number of nitrogens with two attached hydrogens (primary N) is 1. The number of ether oxygens (including phenoxy) is 1. The Morgan fingerprint density at radius 1 is 1.20 bits per heavy atom. The average Bonchev–Trinajstić information content (AvgIpc) is 3.24. The number of halogens is 1. The van der Waals surface area contributed by atoms with Crippen molar-refractivity contribution in [3.05, 3.63) is 64.2 Å². The Kier molecular flexibility index (Phi) is 4.72. The van der Waals surface area contributed by atoms with Crippen molar-refractivity contribution in [1.29, 1.82) is 0 Å². The van der Waals surface area contributed by atoms with Gasteiger partial charge in [-0.05, 0) is 62.0 Å². The van der Waals surface area contributed by atoms with Gasteiger partial charge in [0.1, 0.15) is 11.9 Å². The fraction of sp³-hybridized carbons (Fsp3) is 0.429. The molecular weight excluding hydrogens is 332 g/mol. The molecule has 2 aromatic rings. The van der Waals surface area contributed by atoms with E-state index in [1.807, 2.05) is 25.1 Å². The predicted octanol–water partition coefficient (Wildman–Crippen LogP) is 3.97. The molecule has 1 aliphatic heterocycles. The Morgan fingerprint density at radius 3 is 2.84 bits per heavy atom. The van der Waals surface area contributed by atoms with Crippen molar-refractivity contribution in [2.45, 2.75) is 31.9 Å². The molecule has 1 aliphatic carbocycles. The van der Waals surface area contributed by atoms with E-state index in [0.29, 0.717) is 12.0 Å². The van der Waals surface area contributed by atoms with Gasteiger partial charge >= 0.3 is 0 Å². The van der Waals surface area contributed by atoms with Crippen LogP contribution in [0.3, 0.4) is 0 Å². The summed E-state index contributed by atoms with van der Waals surface area (Å²) in [6.07, 6.45) is 2.27. The van der Waals surface area contributed by atoms with Crippen LogP contribution in [0.25, 0.3) is 0 Å². The van der Waals surface area contributed by atoms with Gasteiger partial charge in [0.25, 0.3) is 0 Å². The lowest BCUT2D eigenvalue weighted by Crippen LogP contribution is -2.39. The van der Waals surface area contributed by atoms with Gasteiger partial charge in [0.15, 0.2) is 0 Å². The predicted molar refractivity (Wildman–Crippen MR) is 102 cm³/mol. The highest BCUT2D eigenvalue weighted by molar-refractivity contribution is 6.31. The van der Waals surface area contributed by atoms with Crippen molar-refractivity contribution < 1.29 is 4.74 Å². The summed E-state index contributed by atoms with van der Waals surface area (Å²) >= 11 is 6.30. The van der Waals surface area contributed by atoms with E-state index in [-0.39, 0.29) is 6.10 Å². The highest BCUT2D eigenvalue weighted by Gasteiger charge is 2.40. The Morgan fingerprint density at radius 2 is 2.04 bits per heavy atom. The molecule has 25 heavy (non-hydrogen) atoms. The van der Waals surface area contributed by atoms with Crippen molar-refractivity contribution in [1.82, 2.24) is 4.90 Å². The van der Waals surface area contributed by atoms with Gasteiger partial charge in [0.05, 0.1) is 6.04 Å². The van der Waals surface area contributed by atoms with E-state index in [2.05, 4.69) is 29.2 Å². The van der Waals surface area contributed by atoms with Crippen molar-refractivity contribution in [2.75, 3.05) is 19.6 Å². The lowest BCUT2D eigenvalue weighted by atomic mass is 10.1. The highest BCUT2D eigenvalue weighted by Crippen LogP contribution is 2.40. The third kappa shape index (κ3) is 3.17. The largest absolute Gasteiger partial charge is 0.484 e. The zero-order chi connectivity index (χ0) is 17.4. The van der Waals surface area contributed by atoms with Crippen LogP contribution in [0.2, 0.25) is 5.02 Å². The molecule has 0 bridgehead atoms. The highest BCUT2D eigenvalue weighted by atomic mass is 35.5. The van der Waals surface area contributed by atoms with Crippen LogP contribution in [0.4, 0.5) is 0 Å². The monoisotopic (exact) mass is 356 g/mol. The molecule has 132 valence electrons. The number of hydrogen-bond acceptors (Lipinski definition) is 3. The van der Waals surface area contributed by atoms with E-state index in [0.717, 1.165) is 42.4 Å². The molecule has 3 atom stereocenters. The van der Waals surface area contributed by atoms with Crippen LogP contribution in [-0.2, 0) is 6.42 Å². The molecule has 0 saturated carbocycles. The number of rotatable bonds is 4. The van der Waals surface area contributed by atoms with E-state index < -0.39 is 0 Å². The smallest absolute Gasteiger partial charge is 0.140 e. The second kappa shape index (κ2) is 6.99. The second-order valence-corrected chi connectivity index (χ2v) is 7.66. The summed E-state index contributed by atoms with van der Waals surface area (Å²) in [5, 5.41) is 0.754. The third-order valence-electron chi connectivity index (χ3n) is 5.73. The molecule has 4 heteroatoms. The van der Waals surface area contributed by atoms with Crippen LogP contribution in [0.15, 0.2) is 42.5 Å². The molecule has 0 radical (unpaired) electrons. The molecule has 3 nitrogen and oxygen atoms in total. The number of nitrogens with zero attached hydrogens (tertiary/aromatic N) is 1. The lowest BCUT2D eigenvalue weighted by Gasteiger charge is -2.30. The van der Waals surface area contributed by atoms with Gasteiger partial charge in [0.2, 0.25) is 0 Å². The van der Waals surface area contributed by atoms with Crippen LogP contribution in [0.5, 0.6) is 5.75 Å². The standard InChI is InChI=1S/C21H25ClN2O/c1-14-18(22)7-4-8-20(14)25-21-17-6-3-2-5-16(17)11-19(21)24-10-9-15(12-23)13-24/h2-8,15,19,21H,9-13,23H2,1H3/t15?,19-,21-/m1/s1. The summed E-state index contributed by atoms with van der Waals surface area (Å²) in [5.41, 5.74) is 9.61. The normalized spacial score (nSPS) is 26.0.